The molecule has 88 valence electrons. The lowest BCUT2D eigenvalue weighted by molar-refractivity contribution is 0.175. The molecule has 1 aliphatic heterocycles. The van der Waals surface area contributed by atoms with Crippen LogP contribution in [-0.4, -0.2) is 55.8 Å². The molecule has 0 unspecified atom stereocenters. The lowest BCUT2D eigenvalue weighted by atomic mass is 9.96. The van der Waals surface area contributed by atoms with Crippen molar-refractivity contribution in [1.82, 2.24) is 9.80 Å². The summed E-state index contributed by atoms with van der Waals surface area (Å²) in [5, 5.41) is 0. The van der Waals surface area contributed by atoms with E-state index in [2.05, 4.69) is 48.7 Å². The molecule has 3 heteroatoms. The molecule has 0 spiro atoms. The van der Waals surface area contributed by atoms with Crippen molar-refractivity contribution in [3.8, 4) is 0 Å². The fourth-order valence-electron chi connectivity index (χ4n) is 2.17. The van der Waals surface area contributed by atoms with Crippen LogP contribution in [0.2, 0.25) is 0 Å². The van der Waals surface area contributed by atoms with Gasteiger partial charge in [-0.3, -0.25) is 4.90 Å². The monoisotopic (exact) mass is 228 g/mol. The number of thiol groups is 1. The van der Waals surface area contributed by atoms with Crippen molar-refractivity contribution in [2.75, 3.05) is 46.0 Å². The van der Waals surface area contributed by atoms with E-state index in [4.69, 9.17) is 0 Å². The van der Waals surface area contributed by atoms with Gasteiger partial charge in [0.15, 0.2) is 0 Å². The van der Waals surface area contributed by atoms with Crippen LogP contribution in [-0.2, 0) is 0 Å². The third-order valence-electron chi connectivity index (χ3n) is 2.97. The summed E-state index contributed by atoms with van der Waals surface area (Å²) in [4.78, 5) is 4.84. The molecule has 2 nitrogen and oxygen atoms in total. The summed E-state index contributed by atoms with van der Waals surface area (Å²) in [6, 6.07) is 0. The second kappa shape index (κ2) is 7.31. The molecule has 0 bridgehead atoms. The van der Waals surface area contributed by atoms with E-state index in [1.54, 1.807) is 0 Å². The standard InChI is InChI=1S/C12H24N2S/c1-13(2)11-12-5-8-14(9-6-12)7-3-4-10-15/h3-4,12,15H,5-11H2,1-2H3. The summed E-state index contributed by atoms with van der Waals surface area (Å²) in [6.45, 7) is 4.88. The van der Waals surface area contributed by atoms with E-state index in [0.29, 0.717) is 0 Å². The Labute approximate surface area is 99.7 Å². The van der Waals surface area contributed by atoms with Crippen LogP contribution in [0.5, 0.6) is 0 Å². The van der Waals surface area contributed by atoms with Gasteiger partial charge in [-0.05, 0) is 45.9 Å². The molecule has 1 heterocycles. The van der Waals surface area contributed by atoms with E-state index in [1.165, 1.54) is 32.5 Å². The average molecular weight is 228 g/mol. The van der Waals surface area contributed by atoms with Gasteiger partial charge in [-0.15, -0.1) is 0 Å². The summed E-state index contributed by atoms with van der Waals surface area (Å²) in [6.07, 6.45) is 7.08. The van der Waals surface area contributed by atoms with Crippen molar-refractivity contribution in [3.05, 3.63) is 12.2 Å². The second-order valence-corrected chi connectivity index (χ2v) is 5.03. The van der Waals surface area contributed by atoms with Crippen LogP contribution in [0.25, 0.3) is 0 Å². The SMILES string of the molecule is CN(C)CC1CCN(CC=CCS)CC1. The average Bonchev–Trinajstić information content (AvgIpc) is 2.20. The van der Waals surface area contributed by atoms with Crippen LogP contribution in [0, 0.1) is 5.92 Å². The van der Waals surface area contributed by atoms with Gasteiger partial charge >= 0.3 is 0 Å². The van der Waals surface area contributed by atoms with Crippen molar-refractivity contribution < 1.29 is 0 Å². The number of rotatable bonds is 5. The topological polar surface area (TPSA) is 6.48 Å². The molecule has 0 N–H and O–H groups in total. The molecular formula is C12H24N2S. The first-order chi connectivity index (χ1) is 7.22. The van der Waals surface area contributed by atoms with Crippen molar-refractivity contribution >= 4 is 12.6 Å². The van der Waals surface area contributed by atoms with Crippen LogP contribution >= 0.6 is 12.6 Å². The molecule has 15 heavy (non-hydrogen) atoms. The molecule has 1 saturated heterocycles. The first-order valence-corrected chi connectivity index (χ1v) is 6.48. The molecule has 0 aromatic carbocycles. The van der Waals surface area contributed by atoms with Gasteiger partial charge in [0.25, 0.3) is 0 Å². The largest absolute Gasteiger partial charge is 0.309 e. The Balaban J connectivity index is 2.15. The van der Waals surface area contributed by atoms with Gasteiger partial charge in [0.2, 0.25) is 0 Å². The molecule has 0 aromatic rings. The maximum atomic E-state index is 4.16. The highest BCUT2D eigenvalue weighted by Gasteiger charge is 2.18. The van der Waals surface area contributed by atoms with Gasteiger partial charge in [0.1, 0.15) is 0 Å². The van der Waals surface area contributed by atoms with Crippen molar-refractivity contribution in [3.63, 3.8) is 0 Å². The van der Waals surface area contributed by atoms with Crippen LogP contribution in [0.1, 0.15) is 12.8 Å². The van der Waals surface area contributed by atoms with Gasteiger partial charge < -0.3 is 4.90 Å². The second-order valence-electron chi connectivity index (χ2n) is 4.66. The molecule has 0 aromatic heterocycles. The Morgan fingerprint density at radius 2 is 1.93 bits per heavy atom. The third-order valence-corrected chi connectivity index (χ3v) is 3.18. The number of nitrogens with zero attached hydrogens (tertiary/aromatic N) is 2. The smallest absolute Gasteiger partial charge is 0.0163 e. The van der Waals surface area contributed by atoms with Crippen molar-refractivity contribution in [2.45, 2.75) is 12.8 Å². The number of piperidine rings is 1. The predicted molar refractivity (Wildman–Crippen MR) is 70.7 cm³/mol. The normalized spacial score (nSPS) is 20.5. The van der Waals surface area contributed by atoms with Crippen LogP contribution in [0.4, 0.5) is 0 Å². The minimum absolute atomic E-state index is 0.858. The zero-order valence-electron chi connectivity index (χ0n) is 10.0. The fraction of sp³-hybridized carbons (Fsp3) is 0.833. The molecule has 0 radical (unpaired) electrons. The molecule has 1 rings (SSSR count). The first-order valence-electron chi connectivity index (χ1n) is 5.85. The van der Waals surface area contributed by atoms with E-state index in [0.717, 1.165) is 18.2 Å². The Morgan fingerprint density at radius 3 is 2.47 bits per heavy atom. The Kier molecular flexibility index (Phi) is 6.37. The minimum Gasteiger partial charge on any atom is -0.309 e. The molecule has 1 fully saturated rings. The van der Waals surface area contributed by atoms with E-state index in [9.17, 15) is 0 Å². The minimum atomic E-state index is 0.858. The van der Waals surface area contributed by atoms with Crippen molar-refractivity contribution in [1.29, 1.82) is 0 Å². The zero-order valence-corrected chi connectivity index (χ0v) is 10.9. The molecular weight excluding hydrogens is 204 g/mol. The summed E-state index contributed by atoms with van der Waals surface area (Å²) < 4.78 is 0. The van der Waals surface area contributed by atoms with Gasteiger partial charge in [-0.1, -0.05) is 12.2 Å². The fourth-order valence-corrected chi connectivity index (χ4v) is 2.32. The number of likely N-dealkylation sites (tertiary alicyclic amines) is 1. The van der Waals surface area contributed by atoms with E-state index in [-0.39, 0.29) is 0 Å². The van der Waals surface area contributed by atoms with E-state index < -0.39 is 0 Å². The van der Waals surface area contributed by atoms with Gasteiger partial charge in [0.05, 0.1) is 0 Å². The van der Waals surface area contributed by atoms with Crippen LogP contribution < -0.4 is 0 Å². The number of hydrogen-bond donors (Lipinski definition) is 1. The van der Waals surface area contributed by atoms with E-state index in [1.807, 2.05) is 0 Å². The molecule has 0 atom stereocenters. The molecule has 0 saturated carbocycles. The Morgan fingerprint density at radius 1 is 1.27 bits per heavy atom. The lowest BCUT2D eigenvalue weighted by Gasteiger charge is -2.32. The lowest BCUT2D eigenvalue weighted by Crippen LogP contribution is -2.37. The van der Waals surface area contributed by atoms with Gasteiger partial charge in [-0.2, -0.15) is 12.6 Å². The maximum absolute atomic E-state index is 4.16. The third kappa shape index (κ3) is 5.59. The molecule has 0 amide bonds. The highest BCUT2D eigenvalue weighted by atomic mass is 32.1. The summed E-state index contributed by atoms with van der Waals surface area (Å²) in [5.41, 5.74) is 0. The first kappa shape index (κ1) is 13.1. The summed E-state index contributed by atoms with van der Waals surface area (Å²) in [5.74, 6) is 1.77. The maximum Gasteiger partial charge on any atom is 0.0163 e. The van der Waals surface area contributed by atoms with E-state index >= 15 is 0 Å². The summed E-state index contributed by atoms with van der Waals surface area (Å²) in [7, 11) is 4.34. The van der Waals surface area contributed by atoms with Gasteiger partial charge in [0, 0.05) is 18.8 Å². The van der Waals surface area contributed by atoms with Crippen LogP contribution in [0.15, 0.2) is 12.2 Å². The Hall–Kier alpha value is 0.01000. The quantitative estimate of drug-likeness (QED) is 0.566. The predicted octanol–water partition coefficient (Wildman–Crippen LogP) is 1.75. The van der Waals surface area contributed by atoms with Crippen molar-refractivity contribution in [2.24, 2.45) is 5.92 Å². The summed E-state index contributed by atoms with van der Waals surface area (Å²) >= 11 is 4.16. The van der Waals surface area contributed by atoms with Gasteiger partial charge in [-0.25, -0.2) is 0 Å². The van der Waals surface area contributed by atoms with Crippen LogP contribution in [0.3, 0.4) is 0 Å². The Bertz CT molecular complexity index is 184. The highest BCUT2D eigenvalue weighted by molar-refractivity contribution is 7.80. The zero-order chi connectivity index (χ0) is 11.1. The molecule has 1 aliphatic rings. The highest BCUT2D eigenvalue weighted by Crippen LogP contribution is 2.17. The number of hydrogen-bond acceptors (Lipinski definition) is 3. The molecule has 0 aliphatic carbocycles.